The van der Waals surface area contributed by atoms with E-state index in [4.69, 9.17) is 9.72 Å². The molecule has 5 nitrogen and oxygen atoms in total. The fourth-order valence-electron chi connectivity index (χ4n) is 4.40. The summed E-state index contributed by atoms with van der Waals surface area (Å²) in [4.78, 5) is 32.4. The van der Waals surface area contributed by atoms with Gasteiger partial charge in [-0.05, 0) is 62.4 Å². The van der Waals surface area contributed by atoms with Gasteiger partial charge in [0.05, 0.1) is 28.9 Å². The lowest BCUT2D eigenvalue weighted by Crippen LogP contribution is -2.16. The third kappa shape index (κ3) is 4.38. The molecule has 0 saturated heterocycles. The van der Waals surface area contributed by atoms with Crippen molar-refractivity contribution in [2.45, 2.75) is 32.6 Å². The predicted molar refractivity (Wildman–Crippen MR) is 140 cm³/mol. The maximum atomic E-state index is 13.6. The van der Waals surface area contributed by atoms with Crippen molar-refractivity contribution in [1.82, 2.24) is 4.98 Å². The van der Waals surface area contributed by atoms with Crippen molar-refractivity contribution in [2.24, 2.45) is 0 Å². The van der Waals surface area contributed by atoms with Crippen molar-refractivity contribution in [1.29, 1.82) is 0 Å². The molecule has 7 heteroatoms. The number of thiophene rings is 1. The number of esters is 1. The van der Waals surface area contributed by atoms with Crippen LogP contribution in [0.4, 0.5) is 5.00 Å². The first-order valence-electron chi connectivity index (χ1n) is 11.3. The van der Waals surface area contributed by atoms with E-state index >= 15 is 0 Å². The van der Waals surface area contributed by atoms with Crippen LogP contribution in [-0.4, -0.2) is 23.5 Å². The highest BCUT2D eigenvalue weighted by molar-refractivity contribution is 9.10. The van der Waals surface area contributed by atoms with Gasteiger partial charge in [-0.25, -0.2) is 9.78 Å². The molecule has 0 atom stereocenters. The largest absolute Gasteiger partial charge is 0.462 e. The number of para-hydroxylation sites is 1. The molecular weight excluding hydrogens is 512 g/mol. The number of hydrogen-bond donors (Lipinski definition) is 1. The Labute approximate surface area is 210 Å². The topological polar surface area (TPSA) is 68.3 Å². The summed E-state index contributed by atoms with van der Waals surface area (Å²) in [5.41, 5.74) is 4.41. The van der Waals surface area contributed by atoms with Gasteiger partial charge >= 0.3 is 5.97 Å². The molecule has 2 heterocycles. The monoisotopic (exact) mass is 534 g/mol. The van der Waals surface area contributed by atoms with Crippen LogP contribution in [0.5, 0.6) is 0 Å². The Balaban J connectivity index is 1.58. The van der Waals surface area contributed by atoms with E-state index in [1.165, 1.54) is 16.2 Å². The maximum Gasteiger partial charge on any atom is 0.341 e. The summed E-state index contributed by atoms with van der Waals surface area (Å²) in [7, 11) is 0. The Kier molecular flexibility index (Phi) is 6.48. The smallest absolute Gasteiger partial charge is 0.341 e. The summed E-state index contributed by atoms with van der Waals surface area (Å²) in [6, 6.07) is 17.3. The number of amides is 1. The van der Waals surface area contributed by atoms with Crippen molar-refractivity contribution in [3.05, 3.63) is 80.6 Å². The normalized spacial score (nSPS) is 12.9. The van der Waals surface area contributed by atoms with Gasteiger partial charge in [0.15, 0.2) is 0 Å². The highest BCUT2D eigenvalue weighted by Crippen LogP contribution is 2.39. The number of carbonyl (C=O) groups excluding carboxylic acids is 2. The summed E-state index contributed by atoms with van der Waals surface area (Å²) in [6.45, 7) is 2.09. The molecule has 1 aliphatic rings. The number of nitrogens with one attached hydrogen (secondary N) is 1. The summed E-state index contributed by atoms with van der Waals surface area (Å²) in [5.74, 6) is -0.634. The fraction of sp³-hybridized carbons (Fsp3) is 0.222. The van der Waals surface area contributed by atoms with E-state index in [9.17, 15) is 9.59 Å². The maximum absolute atomic E-state index is 13.6. The molecule has 0 spiro atoms. The molecule has 0 unspecified atom stereocenters. The van der Waals surface area contributed by atoms with Crippen LogP contribution in [0.2, 0.25) is 0 Å². The van der Waals surface area contributed by atoms with Crippen molar-refractivity contribution in [3.8, 4) is 11.3 Å². The lowest BCUT2D eigenvalue weighted by atomic mass is 9.95. The number of hydrogen-bond acceptors (Lipinski definition) is 5. The van der Waals surface area contributed by atoms with Crippen molar-refractivity contribution >= 4 is 55.0 Å². The molecule has 0 fully saturated rings. The molecule has 1 N–H and O–H groups in total. The van der Waals surface area contributed by atoms with Crippen molar-refractivity contribution < 1.29 is 14.3 Å². The first-order chi connectivity index (χ1) is 16.5. The summed E-state index contributed by atoms with van der Waals surface area (Å²) < 4.78 is 6.28. The van der Waals surface area contributed by atoms with Crippen LogP contribution < -0.4 is 5.32 Å². The number of ether oxygens (including phenoxy) is 1. The summed E-state index contributed by atoms with van der Waals surface area (Å²) >= 11 is 5.01. The van der Waals surface area contributed by atoms with Gasteiger partial charge in [0.25, 0.3) is 5.91 Å². The zero-order chi connectivity index (χ0) is 23.7. The average molecular weight is 535 g/mol. The van der Waals surface area contributed by atoms with Gasteiger partial charge in [-0.3, -0.25) is 4.79 Å². The Morgan fingerprint density at radius 3 is 2.74 bits per heavy atom. The molecule has 0 saturated carbocycles. The number of rotatable bonds is 5. The van der Waals surface area contributed by atoms with Crippen LogP contribution >= 0.6 is 27.3 Å². The van der Waals surface area contributed by atoms with Crippen LogP contribution in [0.25, 0.3) is 22.2 Å². The highest BCUT2D eigenvalue weighted by atomic mass is 79.9. The second kappa shape index (κ2) is 9.68. The van der Waals surface area contributed by atoms with Crippen LogP contribution in [0, 0.1) is 0 Å². The quantitative estimate of drug-likeness (QED) is 0.279. The van der Waals surface area contributed by atoms with Crippen LogP contribution in [0.1, 0.15) is 50.9 Å². The zero-order valence-electron chi connectivity index (χ0n) is 18.7. The van der Waals surface area contributed by atoms with Gasteiger partial charge in [0, 0.05) is 20.3 Å². The predicted octanol–water partition coefficient (Wildman–Crippen LogP) is 7.03. The second-order valence-electron chi connectivity index (χ2n) is 8.17. The number of anilines is 1. The molecule has 1 amide bonds. The standard InChI is InChI=1S/C27H23BrN2O3S/c1-2-33-27(32)24-19-11-4-6-13-23(19)34-26(24)30-25(31)20-15-22(16-8-7-9-17(28)14-16)29-21-12-5-3-10-18(20)21/h3,5,7-10,12,14-15H,2,4,6,11,13H2,1H3,(H,30,31). The number of fused-ring (bicyclic) bond motifs is 2. The first-order valence-corrected chi connectivity index (χ1v) is 12.9. The molecule has 0 aliphatic heterocycles. The molecule has 172 valence electrons. The third-order valence-corrected chi connectivity index (χ3v) is 7.66. The number of aromatic nitrogens is 1. The highest BCUT2D eigenvalue weighted by Gasteiger charge is 2.28. The molecule has 5 rings (SSSR count). The SMILES string of the molecule is CCOC(=O)c1c(NC(=O)c2cc(-c3cccc(Br)c3)nc3ccccc23)sc2c1CCCC2. The van der Waals surface area contributed by atoms with E-state index in [-0.39, 0.29) is 11.9 Å². The summed E-state index contributed by atoms with van der Waals surface area (Å²) in [6.07, 6.45) is 3.89. The van der Waals surface area contributed by atoms with E-state index in [1.54, 1.807) is 6.92 Å². The molecular formula is C27H23BrN2O3S. The molecule has 0 radical (unpaired) electrons. The Morgan fingerprint density at radius 1 is 1.09 bits per heavy atom. The minimum absolute atomic E-state index is 0.265. The van der Waals surface area contributed by atoms with Gasteiger partial charge in [-0.1, -0.05) is 46.3 Å². The second-order valence-corrected chi connectivity index (χ2v) is 10.2. The Hall–Kier alpha value is -3.03. The lowest BCUT2D eigenvalue weighted by molar-refractivity contribution is 0.0526. The summed E-state index contributed by atoms with van der Waals surface area (Å²) in [5, 5.41) is 4.38. The minimum atomic E-state index is -0.369. The van der Waals surface area contributed by atoms with Crippen molar-refractivity contribution in [3.63, 3.8) is 0 Å². The lowest BCUT2D eigenvalue weighted by Gasteiger charge is -2.13. The van der Waals surface area contributed by atoms with Crippen molar-refractivity contribution in [2.75, 3.05) is 11.9 Å². The van der Waals surface area contributed by atoms with Gasteiger partial charge in [-0.2, -0.15) is 0 Å². The van der Waals surface area contributed by atoms with E-state index in [0.717, 1.165) is 52.2 Å². The first kappa shape index (κ1) is 22.7. The number of halogens is 1. The van der Waals surface area contributed by atoms with Gasteiger partial charge in [-0.15, -0.1) is 11.3 Å². The number of carbonyl (C=O) groups is 2. The Morgan fingerprint density at radius 2 is 1.91 bits per heavy atom. The fourth-order valence-corrected chi connectivity index (χ4v) is 6.07. The third-order valence-electron chi connectivity index (χ3n) is 5.96. The van der Waals surface area contributed by atoms with Crippen LogP contribution in [0.15, 0.2) is 59.1 Å². The number of pyridine rings is 1. The van der Waals surface area contributed by atoms with E-state index in [0.29, 0.717) is 28.4 Å². The molecule has 2 aromatic heterocycles. The number of aryl methyl sites for hydroxylation is 1. The molecule has 2 aromatic carbocycles. The van der Waals surface area contributed by atoms with E-state index in [1.807, 2.05) is 54.6 Å². The van der Waals surface area contributed by atoms with Gasteiger partial charge in [0.2, 0.25) is 0 Å². The molecule has 34 heavy (non-hydrogen) atoms. The minimum Gasteiger partial charge on any atom is -0.462 e. The zero-order valence-corrected chi connectivity index (χ0v) is 21.1. The van der Waals surface area contributed by atoms with E-state index in [2.05, 4.69) is 21.2 Å². The van der Waals surface area contributed by atoms with Crippen LogP contribution in [-0.2, 0) is 17.6 Å². The van der Waals surface area contributed by atoms with Gasteiger partial charge in [0.1, 0.15) is 5.00 Å². The average Bonchev–Trinajstić information content (AvgIpc) is 3.21. The number of nitrogens with zero attached hydrogens (tertiary/aromatic N) is 1. The molecule has 0 bridgehead atoms. The van der Waals surface area contributed by atoms with E-state index < -0.39 is 0 Å². The van der Waals surface area contributed by atoms with Gasteiger partial charge < -0.3 is 10.1 Å². The van der Waals surface area contributed by atoms with Crippen LogP contribution in [0.3, 0.4) is 0 Å². The Bertz CT molecular complexity index is 1410. The molecule has 4 aromatic rings. The molecule has 1 aliphatic carbocycles. The number of benzene rings is 2.